The average Bonchev–Trinajstić information content (AvgIpc) is 3.06. The van der Waals surface area contributed by atoms with Crippen LogP contribution in [0.2, 0.25) is 0 Å². The molecule has 31 heavy (non-hydrogen) atoms. The Bertz CT molecular complexity index is 1280. The minimum atomic E-state index is -0.242. The van der Waals surface area contributed by atoms with Gasteiger partial charge in [-0.1, -0.05) is 0 Å². The highest BCUT2D eigenvalue weighted by Crippen LogP contribution is 2.26. The number of carbonyl (C=O) groups is 1. The Balaban J connectivity index is 1.40. The van der Waals surface area contributed by atoms with E-state index in [0.717, 1.165) is 16.0 Å². The van der Waals surface area contributed by atoms with Crippen LogP contribution in [0.25, 0.3) is 10.2 Å². The largest absolute Gasteiger partial charge is 0.485 e. The molecule has 0 unspecified atom stereocenters. The van der Waals surface area contributed by atoms with Crippen LogP contribution in [0.3, 0.4) is 0 Å². The molecule has 9 heteroatoms. The molecule has 0 bridgehead atoms. The normalized spacial score (nSPS) is 10.9. The van der Waals surface area contributed by atoms with Crippen LogP contribution < -0.4 is 15.6 Å². The van der Waals surface area contributed by atoms with E-state index < -0.39 is 0 Å². The third-order valence-corrected chi connectivity index (χ3v) is 5.95. The Morgan fingerprint density at radius 2 is 2.00 bits per heavy atom. The van der Waals surface area contributed by atoms with Crippen LogP contribution in [0.5, 0.6) is 5.75 Å². The Labute approximate surface area is 182 Å². The van der Waals surface area contributed by atoms with Crippen molar-refractivity contribution < 1.29 is 9.53 Å². The molecule has 8 nitrogen and oxygen atoms in total. The molecule has 2 N–H and O–H groups in total. The molecule has 0 saturated carbocycles. The Morgan fingerprint density at radius 3 is 2.81 bits per heavy atom. The van der Waals surface area contributed by atoms with Crippen molar-refractivity contribution in [1.29, 1.82) is 0 Å². The second-order valence-corrected chi connectivity index (χ2v) is 8.22. The maximum absolute atomic E-state index is 12.5. The van der Waals surface area contributed by atoms with E-state index in [2.05, 4.69) is 25.3 Å². The summed E-state index contributed by atoms with van der Waals surface area (Å²) in [4.78, 5) is 42.1. The number of anilines is 1. The van der Waals surface area contributed by atoms with E-state index >= 15 is 0 Å². The number of hydrogen-bond acceptors (Lipinski definition) is 7. The smallest absolute Gasteiger partial charge is 0.259 e. The Hall–Kier alpha value is -3.59. The lowest BCUT2D eigenvalue weighted by atomic mass is 10.2. The zero-order valence-electron chi connectivity index (χ0n) is 17.1. The molecule has 0 aliphatic carbocycles. The summed E-state index contributed by atoms with van der Waals surface area (Å²) in [5.74, 6) is 1.07. The molecule has 4 aromatic heterocycles. The quantitative estimate of drug-likeness (QED) is 0.459. The van der Waals surface area contributed by atoms with Crippen molar-refractivity contribution >= 4 is 33.3 Å². The fourth-order valence-electron chi connectivity index (χ4n) is 3.09. The van der Waals surface area contributed by atoms with Crippen molar-refractivity contribution in [3.8, 4) is 5.75 Å². The van der Waals surface area contributed by atoms with Crippen LogP contribution in [0, 0.1) is 13.8 Å². The molecular weight excluding hydrogens is 414 g/mol. The lowest BCUT2D eigenvalue weighted by molar-refractivity contribution is -0.116. The number of amides is 1. The van der Waals surface area contributed by atoms with Gasteiger partial charge in [-0.05, 0) is 49.2 Å². The number of fused-ring (bicyclic) bond motifs is 1. The summed E-state index contributed by atoms with van der Waals surface area (Å²) in [7, 11) is 0. The SMILES string of the molecule is Cc1sc2nc(CCC(=O)Nc3ncccc3OCc3ccncc3)[nH]c(=O)c2c1C. The first-order valence-corrected chi connectivity index (χ1v) is 10.6. The fraction of sp³-hybridized carbons (Fsp3) is 0.227. The molecule has 0 spiro atoms. The molecule has 0 radical (unpaired) electrons. The van der Waals surface area contributed by atoms with Crippen molar-refractivity contribution in [1.82, 2.24) is 19.9 Å². The number of hydrogen-bond donors (Lipinski definition) is 2. The van der Waals surface area contributed by atoms with Gasteiger partial charge in [-0.25, -0.2) is 9.97 Å². The minimum absolute atomic E-state index is 0.151. The number of aromatic amines is 1. The number of ether oxygens (including phenoxy) is 1. The number of aryl methyl sites for hydroxylation is 3. The number of pyridine rings is 2. The molecule has 1 amide bonds. The summed E-state index contributed by atoms with van der Waals surface area (Å²) >= 11 is 1.49. The number of aromatic nitrogens is 4. The lowest BCUT2D eigenvalue weighted by Crippen LogP contribution is -2.17. The van der Waals surface area contributed by atoms with Crippen molar-refractivity contribution in [2.45, 2.75) is 33.3 Å². The summed E-state index contributed by atoms with van der Waals surface area (Å²) in [6.07, 6.45) is 5.44. The van der Waals surface area contributed by atoms with Crippen LogP contribution in [0.4, 0.5) is 5.82 Å². The molecule has 0 atom stereocenters. The monoisotopic (exact) mass is 435 g/mol. The predicted molar refractivity (Wildman–Crippen MR) is 119 cm³/mol. The predicted octanol–water partition coefficient (Wildman–Crippen LogP) is 3.54. The first kappa shape index (κ1) is 20.7. The van der Waals surface area contributed by atoms with Crippen molar-refractivity contribution in [2.75, 3.05) is 5.32 Å². The van der Waals surface area contributed by atoms with Gasteiger partial charge in [0.05, 0.1) is 5.39 Å². The van der Waals surface area contributed by atoms with Crippen LogP contribution in [0.1, 0.15) is 28.2 Å². The molecule has 4 heterocycles. The number of rotatable bonds is 7. The molecule has 4 rings (SSSR count). The van der Waals surface area contributed by atoms with Crippen LogP contribution in [-0.2, 0) is 17.8 Å². The van der Waals surface area contributed by atoms with Crippen LogP contribution >= 0.6 is 11.3 Å². The average molecular weight is 436 g/mol. The van der Waals surface area contributed by atoms with Crippen molar-refractivity contribution in [3.05, 3.63) is 75.0 Å². The third kappa shape index (κ3) is 4.77. The molecule has 0 fully saturated rings. The summed E-state index contributed by atoms with van der Waals surface area (Å²) in [5, 5.41) is 3.40. The zero-order chi connectivity index (χ0) is 21.8. The molecule has 0 aliphatic heterocycles. The van der Waals surface area contributed by atoms with E-state index in [1.165, 1.54) is 11.3 Å². The van der Waals surface area contributed by atoms with E-state index in [1.54, 1.807) is 30.7 Å². The van der Waals surface area contributed by atoms with Gasteiger partial charge in [-0.15, -0.1) is 11.3 Å². The number of carbonyl (C=O) groups excluding carboxylic acids is 1. The van der Waals surface area contributed by atoms with Gasteiger partial charge in [-0.2, -0.15) is 0 Å². The number of H-pyrrole nitrogens is 1. The lowest BCUT2D eigenvalue weighted by Gasteiger charge is -2.11. The molecular formula is C22H21N5O3S. The number of nitrogens with zero attached hydrogens (tertiary/aromatic N) is 3. The topological polar surface area (TPSA) is 110 Å². The maximum atomic E-state index is 12.5. The summed E-state index contributed by atoms with van der Waals surface area (Å²) < 4.78 is 5.80. The second-order valence-electron chi connectivity index (χ2n) is 7.02. The highest BCUT2D eigenvalue weighted by atomic mass is 32.1. The van der Waals surface area contributed by atoms with E-state index in [-0.39, 0.29) is 17.9 Å². The zero-order valence-corrected chi connectivity index (χ0v) is 18.0. The van der Waals surface area contributed by atoms with Crippen LogP contribution in [-0.4, -0.2) is 25.8 Å². The van der Waals surface area contributed by atoms with E-state index in [0.29, 0.717) is 40.6 Å². The standard InChI is InChI=1S/C22H21N5O3S/c1-13-14(2)31-22-19(13)21(29)25-17(26-22)5-6-18(28)27-20-16(4-3-9-24-20)30-12-15-7-10-23-11-8-15/h3-4,7-11H,5-6,12H2,1-2H3,(H,24,27,28)(H,25,26,29). The molecule has 158 valence electrons. The molecule has 4 aromatic rings. The second kappa shape index (κ2) is 9.05. The maximum Gasteiger partial charge on any atom is 0.259 e. The van der Waals surface area contributed by atoms with Crippen molar-refractivity contribution in [2.24, 2.45) is 0 Å². The van der Waals surface area contributed by atoms with E-state index in [9.17, 15) is 9.59 Å². The molecule has 0 aliphatic rings. The van der Waals surface area contributed by atoms with Gasteiger partial charge in [-0.3, -0.25) is 14.6 Å². The van der Waals surface area contributed by atoms with Gasteiger partial charge in [0.2, 0.25) is 5.91 Å². The van der Waals surface area contributed by atoms with Gasteiger partial charge in [0.15, 0.2) is 11.6 Å². The summed E-state index contributed by atoms with van der Waals surface area (Å²) in [5.41, 5.74) is 1.74. The Morgan fingerprint density at radius 1 is 1.19 bits per heavy atom. The number of nitrogens with one attached hydrogen (secondary N) is 2. The van der Waals surface area contributed by atoms with Gasteiger partial charge in [0.1, 0.15) is 17.3 Å². The summed E-state index contributed by atoms with van der Waals surface area (Å²) in [6, 6.07) is 7.20. The first-order valence-electron chi connectivity index (χ1n) is 9.76. The third-order valence-electron chi connectivity index (χ3n) is 4.85. The van der Waals surface area contributed by atoms with Crippen LogP contribution in [0.15, 0.2) is 47.7 Å². The van der Waals surface area contributed by atoms with E-state index in [1.807, 2.05) is 26.0 Å². The number of thiophene rings is 1. The van der Waals surface area contributed by atoms with Gasteiger partial charge in [0, 0.05) is 36.3 Å². The molecule has 0 aromatic carbocycles. The van der Waals surface area contributed by atoms with Crippen molar-refractivity contribution in [3.63, 3.8) is 0 Å². The van der Waals surface area contributed by atoms with Gasteiger partial charge < -0.3 is 15.0 Å². The fourth-order valence-corrected chi connectivity index (χ4v) is 4.13. The highest BCUT2D eigenvalue weighted by Gasteiger charge is 2.14. The molecule has 0 saturated heterocycles. The minimum Gasteiger partial charge on any atom is -0.485 e. The highest BCUT2D eigenvalue weighted by molar-refractivity contribution is 7.18. The first-order chi connectivity index (χ1) is 15.0. The van der Waals surface area contributed by atoms with Gasteiger partial charge >= 0.3 is 0 Å². The Kier molecular flexibility index (Phi) is 6.03. The summed E-state index contributed by atoms with van der Waals surface area (Å²) in [6.45, 7) is 4.22. The van der Waals surface area contributed by atoms with E-state index in [4.69, 9.17) is 4.74 Å². The van der Waals surface area contributed by atoms with Gasteiger partial charge in [0.25, 0.3) is 5.56 Å².